The van der Waals surface area contributed by atoms with E-state index in [1.165, 1.54) is 6.07 Å². The van der Waals surface area contributed by atoms with Gasteiger partial charge in [0.25, 0.3) is 0 Å². The van der Waals surface area contributed by atoms with Gasteiger partial charge in [-0.1, -0.05) is 11.6 Å². The van der Waals surface area contributed by atoms with Crippen LogP contribution in [0.15, 0.2) is 48.7 Å². The van der Waals surface area contributed by atoms with E-state index in [-0.39, 0.29) is 17.3 Å². The molecular weight excluding hydrogens is 394 g/mol. The topological polar surface area (TPSA) is 42.0 Å². The number of hydrogen-bond donors (Lipinski definition) is 1. The summed E-state index contributed by atoms with van der Waals surface area (Å²) in [6, 6.07) is 11.1. The van der Waals surface area contributed by atoms with Gasteiger partial charge < -0.3 is 5.32 Å². The predicted molar refractivity (Wildman–Crippen MR) is 111 cm³/mol. The fourth-order valence-corrected chi connectivity index (χ4v) is 4.37. The Morgan fingerprint density at radius 2 is 1.79 bits per heavy atom. The second kappa shape index (κ2) is 8.46. The number of carbonyl (C=O) groups excluding carboxylic acids is 1. The molecule has 1 aromatic heterocycles. The lowest BCUT2D eigenvalue weighted by Gasteiger charge is -2.29. The zero-order valence-corrected chi connectivity index (χ0v) is 16.6. The van der Waals surface area contributed by atoms with E-state index in [9.17, 15) is 13.6 Å². The minimum atomic E-state index is -0.630. The Balaban J connectivity index is 1.39. The quantitative estimate of drug-likeness (QED) is 0.531. The molecule has 1 N–H and O–H groups in total. The third-order valence-electron chi connectivity index (χ3n) is 5.69. The third kappa shape index (κ3) is 4.56. The molecule has 0 atom stereocenters. The highest BCUT2D eigenvalue weighted by Crippen LogP contribution is 2.39. The molecule has 4 rings (SSSR count). The molecular formula is C23H21ClF2N2O. The van der Waals surface area contributed by atoms with Crippen molar-refractivity contribution in [1.82, 2.24) is 4.98 Å². The molecule has 1 heterocycles. The number of amides is 1. The highest BCUT2D eigenvalue weighted by molar-refractivity contribution is 6.30. The van der Waals surface area contributed by atoms with Crippen LogP contribution in [-0.2, 0) is 4.79 Å². The number of benzene rings is 2. The van der Waals surface area contributed by atoms with Crippen LogP contribution >= 0.6 is 11.6 Å². The molecule has 1 fully saturated rings. The number of nitrogens with one attached hydrogen (secondary N) is 1. The van der Waals surface area contributed by atoms with Crippen molar-refractivity contribution in [2.45, 2.75) is 38.0 Å². The van der Waals surface area contributed by atoms with Crippen LogP contribution < -0.4 is 5.32 Å². The molecule has 0 unspecified atom stereocenters. The van der Waals surface area contributed by atoms with E-state index in [2.05, 4.69) is 10.3 Å². The average Bonchev–Trinajstić information content (AvgIpc) is 2.70. The first-order chi connectivity index (χ1) is 14.0. The normalized spacial score (nSPS) is 19.3. The lowest BCUT2D eigenvalue weighted by Crippen LogP contribution is -2.20. The maximum absolute atomic E-state index is 14.0. The molecule has 2 aromatic carbocycles. The van der Waals surface area contributed by atoms with Gasteiger partial charge in [-0.05, 0) is 79.5 Å². The van der Waals surface area contributed by atoms with Gasteiger partial charge in [-0.3, -0.25) is 9.78 Å². The van der Waals surface area contributed by atoms with Crippen molar-refractivity contribution >= 4 is 34.1 Å². The fraction of sp³-hybridized carbons (Fsp3) is 0.304. The van der Waals surface area contributed by atoms with Crippen LogP contribution in [0.25, 0.3) is 10.9 Å². The maximum atomic E-state index is 14.0. The van der Waals surface area contributed by atoms with Crippen molar-refractivity contribution in [3.05, 3.63) is 70.9 Å². The molecule has 29 heavy (non-hydrogen) atoms. The Bertz CT molecular complexity index is 1030. The number of carbonyl (C=O) groups is 1. The van der Waals surface area contributed by atoms with E-state index in [1.807, 2.05) is 6.07 Å². The smallest absolute Gasteiger partial charge is 0.224 e. The standard InChI is InChI=1S/C23H21ClF2N2O/c24-16-5-7-18(8-6-16)28-22(29)11-14-1-3-15(4-2-14)19-9-10-27-23-20(19)12-17(25)13-21(23)26/h5-10,12-15H,1-4,11H2,(H,28,29)/t14-,15-. The summed E-state index contributed by atoms with van der Waals surface area (Å²) >= 11 is 5.86. The lowest BCUT2D eigenvalue weighted by molar-refractivity contribution is -0.117. The van der Waals surface area contributed by atoms with Gasteiger partial charge in [0.15, 0.2) is 5.82 Å². The summed E-state index contributed by atoms with van der Waals surface area (Å²) in [6.07, 6.45) is 5.63. The number of rotatable bonds is 4. The van der Waals surface area contributed by atoms with Gasteiger partial charge in [0.05, 0.1) is 0 Å². The SMILES string of the molecule is O=C(C[C@H]1CC[C@H](c2ccnc3c(F)cc(F)cc32)CC1)Nc1ccc(Cl)cc1. The Morgan fingerprint density at radius 1 is 1.07 bits per heavy atom. The molecule has 6 heteroatoms. The monoisotopic (exact) mass is 414 g/mol. The number of fused-ring (bicyclic) bond motifs is 1. The van der Waals surface area contributed by atoms with E-state index in [1.54, 1.807) is 30.5 Å². The summed E-state index contributed by atoms with van der Waals surface area (Å²) in [4.78, 5) is 16.4. The number of hydrogen-bond acceptors (Lipinski definition) is 2. The lowest BCUT2D eigenvalue weighted by atomic mass is 9.77. The molecule has 0 aliphatic heterocycles. The Kier molecular flexibility index (Phi) is 5.76. The molecule has 1 amide bonds. The maximum Gasteiger partial charge on any atom is 0.224 e. The van der Waals surface area contributed by atoms with Crippen LogP contribution in [-0.4, -0.2) is 10.9 Å². The summed E-state index contributed by atoms with van der Waals surface area (Å²) < 4.78 is 27.8. The summed E-state index contributed by atoms with van der Waals surface area (Å²) in [5, 5.41) is 4.09. The second-order valence-corrected chi connectivity index (χ2v) is 8.10. The first kappa shape index (κ1) is 19.8. The number of pyridine rings is 1. The van der Waals surface area contributed by atoms with E-state index < -0.39 is 11.6 Å². The summed E-state index contributed by atoms with van der Waals surface area (Å²) in [6.45, 7) is 0. The minimum absolute atomic E-state index is 0.00530. The minimum Gasteiger partial charge on any atom is -0.326 e. The van der Waals surface area contributed by atoms with Gasteiger partial charge in [0.1, 0.15) is 11.3 Å². The van der Waals surface area contributed by atoms with Crippen molar-refractivity contribution in [2.75, 3.05) is 5.32 Å². The van der Waals surface area contributed by atoms with E-state index in [0.29, 0.717) is 22.7 Å². The molecule has 150 valence electrons. The van der Waals surface area contributed by atoms with Crippen molar-refractivity contribution in [1.29, 1.82) is 0 Å². The predicted octanol–water partition coefficient (Wildman–Crippen LogP) is 6.47. The molecule has 1 aliphatic rings. The van der Waals surface area contributed by atoms with Gasteiger partial charge in [-0.25, -0.2) is 8.78 Å². The van der Waals surface area contributed by atoms with Crippen LogP contribution in [0.2, 0.25) is 5.02 Å². The second-order valence-electron chi connectivity index (χ2n) is 7.66. The number of anilines is 1. The Hall–Kier alpha value is -2.53. The molecule has 0 radical (unpaired) electrons. The van der Waals surface area contributed by atoms with Gasteiger partial charge >= 0.3 is 0 Å². The molecule has 3 aromatic rings. The summed E-state index contributed by atoms with van der Waals surface area (Å²) in [7, 11) is 0. The van der Waals surface area contributed by atoms with Crippen molar-refractivity contribution in [3.8, 4) is 0 Å². The van der Waals surface area contributed by atoms with Gasteiger partial charge in [-0.15, -0.1) is 0 Å². The molecule has 0 saturated heterocycles. The van der Waals surface area contributed by atoms with E-state index in [4.69, 9.17) is 11.6 Å². The first-order valence-corrected chi connectivity index (χ1v) is 10.2. The van der Waals surface area contributed by atoms with E-state index in [0.717, 1.165) is 43.0 Å². The fourth-order valence-electron chi connectivity index (χ4n) is 4.24. The van der Waals surface area contributed by atoms with E-state index >= 15 is 0 Å². The summed E-state index contributed by atoms with van der Waals surface area (Å²) in [5.41, 5.74) is 1.89. The van der Waals surface area contributed by atoms with Gasteiger partial charge in [0.2, 0.25) is 5.91 Å². The highest BCUT2D eigenvalue weighted by Gasteiger charge is 2.26. The van der Waals surface area contributed by atoms with Gasteiger partial charge in [-0.2, -0.15) is 0 Å². The average molecular weight is 415 g/mol. The van der Waals surface area contributed by atoms with Crippen LogP contribution in [0.4, 0.5) is 14.5 Å². The van der Waals surface area contributed by atoms with Gasteiger partial charge in [0, 0.05) is 34.8 Å². The number of aromatic nitrogens is 1. The van der Waals surface area contributed by atoms with Crippen LogP contribution in [0.5, 0.6) is 0 Å². The molecule has 0 spiro atoms. The van der Waals surface area contributed by atoms with Crippen LogP contribution in [0.3, 0.4) is 0 Å². The van der Waals surface area contributed by atoms with Crippen molar-refractivity contribution < 1.29 is 13.6 Å². The largest absolute Gasteiger partial charge is 0.326 e. The zero-order valence-electron chi connectivity index (χ0n) is 15.8. The first-order valence-electron chi connectivity index (χ1n) is 9.78. The highest BCUT2D eigenvalue weighted by atomic mass is 35.5. The molecule has 1 aliphatic carbocycles. The Morgan fingerprint density at radius 3 is 2.52 bits per heavy atom. The number of halogens is 3. The molecule has 3 nitrogen and oxygen atoms in total. The number of nitrogens with zero attached hydrogens (tertiary/aromatic N) is 1. The van der Waals surface area contributed by atoms with Crippen LogP contribution in [0, 0.1) is 17.6 Å². The van der Waals surface area contributed by atoms with Crippen molar-refractivity contribution in [2.24, 2.45) is 5.92 Å². The van der Waals surface area contributed by atoms with Crippen molar-refractivity contribution in [3.63, 3.8) is 0 Å². The zero-order chi connectivity index (χ0) is 20.4. The van der Waals surface area contributed by atoms with Crippen LogP contribution in [0.1, 0.15) is 43.6 Å². The molecule has 1 saturated carbocycles. The summed E-state index contributed by atoms with van der Waals surface area (Å²) in [5.74, 6) is -0.696. The molecule has 0 bridgehead atoms. The Labute approximate surface area is 173 Å². The third-order valence-corrected chi connectivity index (χ3v) is 5.94.